The average molecular weight is 347 g/mol. The number of hydrogen-bond donors (Lipinski definition) is 1. The number of benzene rings is 1. The van der Waals surface area contributed by atoms with Gasteiger partial charge in [0.15, 0.2) is 5.82 Å². The quantitative estimate of drug-likeness (QED) is 0.864. The minimum atomic E-state index is -0.221. The fraction of sp³-hybridized carbons (Fsp3) is 0.357. The van der Waals surface area contributed by atoms with Crippen LogP contribution in [-0.4, -0.2) is 16.2 Å². The average Bonchev–Trinajstić information content (AvgIpc) is 2.77. The van der Waals surface area contributed by atoms with E-state index in [2.05, 4.69) is 26.3 Å². The SMILES string of the molecule is CCCc1nonc1NC(=O)c1ccc(C)[c-]c1C.[Y]. The molecule has 0 saturated carbocycles. The van der Waals surface area contributed by atoms with Crippen molar-refractivity contribution in [2.75, 3.05) is 5.32 Å². The van der Waals surface area contributed by atoms with E-state index >= 15 is 0 Å². The zero-order valence-electron chi connectivity index (χ0n) is 11.9. The maximum atomic E-state index is 12.2. The van der Waals surface area contributed by atoms with Crippen LogP contribution in [0.4, 0.5) is 5.82 Å². The van der Waals surface area contributed by atoms with Crippen LogP contribution in [0.2, 0.25) is 0 Å². The molecule has 1 aromatic carbocycles. The largest absolute Gasteiger partial charge is 0.313 e. The molecule has 6 heteroatoms. The Morgan fingerprint density at radius 2 is 2.10 bits per heavy atom. The first kappa shape index (κ1) is 17.0. The molecule has 0 atom stereocenters. The summed E-state index contributed by atoms with van der Waals surface area (Å²) in [6.07, 6.45) is 1.63. The molecule has 2 aromatic rings. The third-order valence-corrected chi connectivity index (χ3v) is 2.81. The molecule has 0 saturated heterocycles. The Morgan fingerprint density at radius 3 is 2.75 bits per heavy atom. The van der Waals surface area contributed by atoms with Crippen LogP contribution >= 0.6 is 0 Å². The molecule has 0 aliphatic rings. The van der Waals surface area contributed by atoms with Gasteiger partial charge in [0.05, 0.1) is 0 Å². The Hall–Kier alpha value is -1.07. The summed E-state index contributed by atoms with van der Waals surface area (Å²) in [6.45, 7) is 5.82. The summed E-state index contributed by atoms with van der Waals surface area (Å²) in [7, 11) is 0. The smallest absolute Gasteiger partial charge is 0.201 e. The number of carbonyl (C=O) groups is 1. The molecular formula is C14H16N3O2Y-. The number of aromatic nitrogens is 2. The summed E-state index contributed by atoms with van der Waals surface area (Å²) in [5.41, 5.74) is 3.07. The molecule has 1 heterocycles. The van der Waals surface area contributed by atoms with Gasteiger partial charge in [0.2, 0.25) is 5.91 Å². The molecule has 0 spiro atoms. The monoisotopic (exact) mass is 347 g/mol. The van der Waals surface area contributed by atoms with Crippen molar-refractivity contribution in [2.24, 2.45) is 0 Å². The van der Waals surface area contributed by atoms with E-state index in [1.54, 1.807) is 6.07 Å². The second-order valence-corrected chi connectivity index (χ2v) is 4.44. The van der Waals surface area contributed by atoms with E-state index in [9.17, 15) is 4.79 Å². The minimum absolute atomic E-state index is 0. The van der Waals surface area contributed by atoms with Crippen molar-refractivity contribution < 1.29 is 42.1 Å². The summed E-state index contributed by atoms with van der Waals surface area (Å²) in [6, 6.07) is 6.76. The van der Waals surface area contributed by atoms with Crippen LogP contribution < -0.4 is 5.32 Å². The van der Waals surface area contributed by atoms with E-state index < -0.39 is 0 Å². The number of nitrogens with one attached hydrogen (secondary N) is 1. The normalized spacial score (nSPS) is 9.95. The van der Waals surface area contributed by atoms with Gasteiger partial charge in [-0.1, -0.05) is 37.9 Å². The standard InChI is InChI=1S/C14H16N3O2.Y/c1-4-5-12-13(17-19-16-12)15-14(18)11-7-6-9(2)8-10(11)3;/h6-7H,4-5H2,1-3H3,(H,15,17,18);/q-1;. The molecule has 0 unspecified atom stereocenters. The van der Waals surface area contributed by atoms with Crippen molar-refractivity contribution >= 4 is 11.7 Å². The third-order valence-electron chi connectivity index (χ3n) is 2.81. The molecule has 1 aromatic heterocycles. The van der Waals surface area contributed by atoms with E-state index in [1.807, 2.05) is 26.8 Å². The van der Waals surface area contributed by atoms with Gasteiger partial charge >= 0.3 is 0 Å². The van der Waals surface area contributed by atoms with Gasteiger partial charge < -0.3 is 5.32 Å². The van der Waals surface area contributed by atoms with Gasteiger partial charge in [-0.2, -0.15) is 29.3 Å². The first-order valence-corrected chi connectivity index (χ1v) is 6.24. The second-order valence-electron chi connectivity index (χ2n) is 4.44. The molecule has 0 bridgehead atoms. The first-order valence-electron chi connectivity index (χ1n) is 6.24. The van der Waals surface area contributed by atoms with Gasteiger partial charge in [-0.3, -0.25) is 4.79 Å². The molecule has 1 radical (unpaired) electrons. The Bertz CT molecular complexity index is 596. The molecule has 20 heavy (non-hydrogen) atoms. The first-order chi connectivity index (χ1) is 9.11. The van der Waals surface area contributed by atoms with Gasteiger partial charge in [-0.25, -0.2) is 4.63 Å². The molecule has 1 amide bonds. The summed E-state index contributed by atoms with van der Waals surface area (Å²) in [4.78, 5) is 12.2. The minimum Gasteiger partial charge on any atom is -0.313 e. The van der Waals surface area contributed by atoms with E-state index in [1.165, 1.54) is 0 Å². The Kier molecular flexibility index (Phi) is 6.49. The van der Waals surface area contributed by atoms with E-state index in [-0.39, 0.29) is 38.6 Å². The molecule has 103 valence electrons. The van der Waals surface area contributed by atoms with Gasteiger partial charge in [0, 0.05) is 32.7 Å². The Morgan fingerprint density at radius 1 is 1.35 bits per heavy atom. The molecular weight excluding hydrogens is 331 g/mol. The van der Waals surface area contributed by atoms with Gasteiger partial charge in [-0.15, -0.1) is 0 Å². The number of amides is 1. The fourth-order valence-corrected chi connectivity index (χ4v) is 1.86. The van der Waals surface area contributed by atoms with Crippen LogP contribution in [-0.2, 0) is 39.1 Å². The molecule has 1 N–H and O–H groups in total. The Labute approximate surface area is 143 Å². The van der Waals surface area contributed by atoms with Gasteiger partial charge in [-0.05, 0) is 11.6 Å². The fourth-order valence-electron chi connectivity index (χ4n) is 1.86. The summed E-state index contributed by atoms with van der Waals surface area (Å²) >= 11 is 0. The number of nitrogens with zero attached hydrogens (tertiary/aromatic N) is 2. The number of rotatable bonds is 4. The van der Waals surface area contributed by atoms with Crippen molar-refractivity contribution in [3.05, 3.63) is 40.6 Å². The topological polar surface area (TPSA) is 68.0 Å². The van der Waals surface area contributed by atoms with Crippen LogP contribution in [0, 0.1) is 19.9 Å². The van der Waals surface area contributed by atoms with Crippen LogP contribution in [0.15, 0.2) is 16.8 Å². The zero-order valence-corrected chi connectivity index (χ0v) is 14.7. The number of anilines is 1. The Balaban J connectivity index is 0.00000200. The maximum absolute atomic E-state index is 12.2. The number of hydrogen-bond acceptors (Lipinski definition) is 4. The number of aryl methyl sites for hydroxylation is 3. The van der Waals surface area contributed by atoms with E-state index in [0.717, 1.165) is 24.0 Å². The molecule has 0 aliphatic carbocycles. The molecule has 5 nitrogen and oxygen atoms in total. The van der Waals surface area contributed by atoms with E-state index in [4.69, 9.17) is 0 Å². The predicted molar refractivity (Wildman–Crippen MR) is 71.0 cm³/mol. The zero-order chi connectivity index (χ0) is 13.8. The van der Waals surface area contributed by atoms with Crippen molar-refractivity contribution in [1.29, 1.82) is 0 Å². The van der Waals surface area contributed by atoms with Crippen molar-refractivity contribution in [3.8, 4) is 0 Å². The maximum Gasteiger partial charge on any atom is 0.201 e. The second kappa shape index (κ2) is 7.65. The summed E-state index contributed by atoms with van der Waals surface area (Å²) < 4.78 is 4.66. The van der Waals surface area contributed by atoms with Crippen LogP contribution in [0.25, 0.3) is 0 Å². The van der Waals surface area contributed by atoms with Gasteiger partial charge in [0.25, 0.3) is 0 Å². The predicted octanol–water partition coefficient (Wildman–Crippen LogP) is 2.69. The van der Waals surface area contributed by atoms with Crippen LogP contribution in [0.3, 0.4) is 0 Å². The summed E-state index contributed by atoms with van der Waals surface area (Å²) in [5.74, 6) is 0.175. The molecule has 0 aliphatic heterocycles. The summed E-state index contributed by atoms with van der Waals surface area (Å²) in [5, 5.41) is 10.2. The van der Waals surface area contributed by atoms with Gasteiger partial charge in [0.1, 0.15) is 5.69 Å². The van der Waals surface area contributed by atoms with Crippen molar-refractivity contribution in [3.63, 3.8) is 0 Å². The van der Waals surface area contributed by atoms with Crippen molar-refractivity contribution in [1.82, 2.24) is 10.3 Å². The van der Waals surface area contributed by atoms with E-state index in [0.29, 0.717) is 17.1 Å². The third kappa shape index (κ3) is 3.96. The number of carbonyl (C=O) groups excluding carboxylic acids is 1. The molecule has 2 rings (SSSR count). The van der Waals surface area contributed by atoms with Crippen LogP contribution in [0.1, 0.15) is 40.5 Å². The molecule has 0 fully saturated rings. The van der Waals surface area contributed by atoms with Crippen molar-refractivity contribution in [2.45, 2.75) is 33.6 Å². The van der Waals surface area contributed by atoms with Crippen LogP contribution in [0.5, 0.6) is 0 Å².